The van der Waals surface area contributed by atoms with E-state index in [1.165, 1.54) is 33.7 Å². The Morgan fingerprint density at radius 2 is 1.18 bits per heavy atom. The molecular weight excluding hydrogens is 454 g/mol. The van der Waals surface area contributed by atoms with E-state index in [4.69, 9.17) is 14.9 Å². The normalized spacial score (nSPS) is 35.8. The monoisotopic (exact) mass is 475 g/mol. The molecule has 5 N–H and O–H groups in total. The third-order valence-corrected chi connectivity index (χ3v) is 7.06. The summed E-state index contributed by atoms with van der Waals surface area (Å²) < 4.78 is 14.4. The van der Waals surface area contributed by atoms with Crippen molar-refractivity contribution in [3.8, 4) is 0 Å². The number of aliphatic hydroxyl groups excluding tert-OH is 2. The Kier molecular flexibility index (Phi) is 4.47. The molecule has 0 saturated carbocycles. The quantitative estimate of drug-likeness (QED) is 0.290. The molecule has 15 heteroatoms. The second-order valence-electron chi connectivity index (χ2n) is 8.63. The predicted molar refractivity (Wildman–Crippen MR) is 111 cm³/mol. The highest BCUT2D eigenvalue weighted by Crippen LogP contribution is 2.53. The van der Waals surface area contributed by atoms with Gasteiger partial charge in [-0.3, -0.25) is 34.1 Å². The Hall–Kier alpha value is -3.53. The molecule has 4 aliphatic heterocycles. The topological polar surface area (TPSA) is 199 Å². The van der Waals surface area contributed by atoms with Gasteiger partial charge in [0.2, 0.25) is 0 Å². The van der Waals surface area contributed by atoms with Gasteiger partial charge in [0.05, 0.1) is 25.3 Å². The number of nitrogens with one attached hydrogen (secondary N) is 3. The highest BCUT2D eigenvalue weighted by Gasteiger charge is 2.71. The second-order valence-corrected chi connectivity index (χ2v) is 8.63. The number of aromatic amines is 2. The highest BCUT2D eigenvalue weighted by atomic mass is 16.5. The van der Waals surface area contributed by atoms with Gasteiger partial charge in [-0.05, 0) is 0 Å². The van der Waals surface area contributed by atoms with Crippen LogP contribution >= 0.6 is 0 Å². The first-order valence-corrected chi connectivity index (χ1v) is 10.7. The summed E-state index contributed by atoms with van der Waals surface area (Å²) >= 11 is 0. The van der Waals surface area contributed by atoms with E-state index in [1.807, 2.05) is 0 Å². The number of rotatable bonds is 4. The minimum absolute atomic E-state index is 0.0819. The maximum absolute atomic E-state index is 12.5. The van der Waals surface area contributed by atoms with E-state index in [-0.39, 0.29) is 5.96 Å². The van der Waals surface area contributed by atoms with E-state index < -0.39 is 84.5 Å². The van der Waals surface area contributed by atoms with Gasteiger partial charge in [0.1, 0.15) is 24.3 Å². The van der Waals surface area contributed by atoms with Crippen molar-refractivity contribution in [2.45, 2.75) is 48.8 Å². The molecule has 6 rings (SSSR count). The number of aromatic nitrogens is 4. The van der Waals surface area contributed by atoms with E-state index in [2.05, 4.69) is 9.97 Å². The van der Waals surface area contributed by atoms with Crippen LogP contribution in [0.25, 0.3) is 0 Å². The SMILES string of the molecule is N=C1N2[C@@H]3[C@@H]([C@@H](CO)O[C@H]3n3ccc(=O)[nH]c3=O)N1[C@H]1[C@@H]2[C@H](n2ccc(=O)[nH]c2=O)O[C@@H]1CO. The second kappa shape index (κ2) is 7.23. The fourth-order valence-corrected chi connectivity index (χ4v) is 5.86. The number of guanidine groups is 1. The van der Waals surface area contributed by atoms with E-state index in [0.717, 1.165) is 0 Å². The van der Waals surface area contributed by atoms with Crippen LogP contribution in [-0.4, -0.2) is 94.7 Å². The van der Waals surface area contributed by atoms with Crippen molar-refractivity contribution in [3.63, 3.8) is 0 Å². The summed E-state index contributed by atoms with van der Waals surface area (Å²) in [5.74, 6) is 0.0819. The lowest BCUT2D eigenvalue weighted by molar-refractivity contribution is -0.0644. The van der Waals surface area contributed by atoms with E-state index >= 15 is 0 Å². The summed E-state index contributed by atoms with van der Waals surface area (Å²) in [6.07, 6.45) is -0.878. The summed E-state index contributed by atoms with van der Waals surface area (Å²) in [6.45, 7) is -0.781. The van der Waals surface area contributed by atoms with Crippen molar-refractivity contribution < 1.29 is 19.7 Å². The Balaban J connectivity index is 1.48. The first-order valence-electron chi connectivity index (χ1n) is 10.7. The molecule has 4 saturated heterocycles. The van der Waals surface area contributed by atoms with Crippen molar-refractivity contribution in [2.24, 2.45) is 0 Å². The Labute approximate surface area is 188 Å². The Morgan fingerprint density at radius 3 is 1.56 bits per heavy atom. The summed E-state index contributed by atoms with van der Waals surface area (Å²) in [7, 11) is 0. The van der Waals surface area contributed by atoms with Gasteiger partial charge in [-0.15, -0.1) is 0 Å². The average molecular weight is 475 g/mol. The molecule has 0 spiro atoms. The molecule has 4 aliphatic rings. The molecule has 180 valence electrons. The van der Waals surface area contributed by atoms with Crippen molar-refractivity contribution >= 4 is 5.96 Å². The molecule has 2 aromatic heterocycles. The minimum Gasteiger partial charge on any atom is -0.394 e. The lowest BCUT2D eigenvalue weighted by Gasteiger charge is -2.39. The van der Waals surface area contributed by atoms with Gasteiger partial charge in [0, 0.05) is 24.5 Å². The van der Waals surface area contributed by atoms with Crippen LogP contribution in [-0.2, 0) is 9.47 Å². The lowest BCUT2D eigenvalue weighted by Crippen LogP contribution is -2.60. The maximum atomic E-state index is 12.5. The molecule has 0 radical (unpaired) electrons. The molecule has 34 heavy (non-hydrogen) atoms. The molecule has 0 aromatic carbocycles. The lowest BCUT2D eigenvalue weighted by atomic mass is 9.92. The van der Waals surface area contributed by atoms with Crippen molar-refractivity contribution in [3.05, 3.63) is 66.2 Å². The first kappa shape index (κ1) is 21.0. The first-order chi connectivity index (χ1) is 16.3. The zero-order chi connectivity index (χ0) is 23.9. The van der Waals surface area contributed by atoms with E-state index in [1.54, 1.807) is 9.80 Å². The van der Waals surface area contributed by atoms with Gasteiger partial charge in [-0.2, -0.15) is 0 Å². The van der Waals surface area contributed by atoms with Gasteiger partial charge in [-0.1, -0.05) is 0 Å². The number of fused-ring (bicyclic) bond motifs is 8. The minimum atomic E-state index is -0.959. The summed E-state index contributed by atoms with van der Waals surface area (Å²) in [5, 5.41) is 28.8. The van der Waals surface area contributed by atoms with Crippen LogP contribution in [0, 0.1) is 5.41 Å². The molecular formula is C19H21N7O8. The van der Waals surface area contributed by atoms with Crippen LogP contribution < -0.4 is 22.5 Å². The number of aliphatic hydroxyl groups is 2. The Morgan fingerprint density at radius 1 is 0.765 bits per heavy atom. The standard InChI is InChI=1S/C19H21N7O8/c20-17-25-11-7(5-27)33-15(23-3-1-9(29)21-18(23)31)13(11)26(17)14-12(25)8(6-28)34-16(14)24-4-2-10(30)22-19(24)32/h1-4,7-8,11-16,20,27-28H,5-6H2,(H,21,29,31)(H,22,30,32)/t7-,8-,11-,12-,13-,14-,15-,16-/m1/s1. The number of hydrogen-bond donors (Lipinski definition) is 5. The molecule has 0 aliphatic carbocycles. The fourth-order valence-electron chi connectivity index (χ4n) is 5.86. The summed E-state index contributed by atoms with van der Waals surface area (Å²) in [4.78, 5) is 55.9. The van der Waals surface area contributed by atoms with E-state index in [0.29, 0.717) is 0 Å². The highest BCUT2D eigenvalue weighted by molar-refractivity contribution is 5.84. The van der Waals surface area contributed by atoms with Crippen LogP contribution in [0.4, 0.5) is 0 Å². The van der Waals surface area contributed by atoms with Gasteiger partial charge in [-0.25, -0.2) is 9.59 Å². The molecule has 8 atom stereocenters. The van der Waals surface area contributed by atoms with Gasteiger partial charge < -0.3 is 29.5 Å². The zero-order valence-electron chi connectivity index (χ0n) is 17.5. The number of ether oxygens (including phenoxy) is 2. The number of H-pyrrole nitrogens is 2. The summed E-state index contributed by atoms with van der Waals surface area (Å²) in [5.41, 5.74) is -2.57. The number of hydrogen-bond acceptors (Lipinski definition) is 9. The third kappa shape index (κ3) is 2.62. The average Bonchev–Trinajstić information content (AvgIpc) is 3.50. The molecule has 0 unspecified atom stereocenters. The molecule has 15 nitrogen and oxygen atoms in total. The van der Waals surface area contributed by atoms with Gasteiger partial charge in [0.25, 0.3) is 11.1 Å². The number of nitrogens with zero attached hydrogens (tertiary/aromatic N) is 4. The fraction of sp³-hybridized carbons (Fsp3) is 0.526. The largest absolute Gasteiger partial charge is 0.394 e. The molecule has 2 aromatic rings. The zero-order valence-corrected chi connectivity index (χ0v) is 17.5. The smallest absolute Gasteiger partial charge is 0.330 e. The van der Waals surface area contributed by atoms with Gasteiger partial charge >= 0.3 is 11.4 Å². The molecule has 6 heterocycles. The molecule has 0 amide bonds. The van der Waals surface area contributed by atoms with Crippen LogP contribution in [0.3, 0.4) is 0 Å². The van der Waals surface area contributed by atoms with Crippen molar-refractivity contribution in [1.29, 1.82) is 5.41 Å². The van der Waals surface area contributed by atoms with Crippen LogP contribution in [0.15, 0.2) is 43.7 Å². The summed E-state index contributed by atoms with van der Waals surface area (Å²) in [6, 6.07) is -0.0382. The molecule has 4 fully saturated rings. The maximum Gasteiger partial charge on any atom is 0.330 e. The predicted octanol–water partition coefficient (Wildman–Crippen LogP) is -4.09. The van der Waals surface area contributed by atoms with E-state index in [9.17, 15) is 29.4 Å². The number of piperazine rings is 1. The van der Waals surface area contributed by atoms with Crippen molar-refractivity contribution in [1.82, 2.24) is 28.9 Å². The third-order valence-electron chi connectivity index (χ3n) is 7.06. The van der Waals surface area contributed by atoms with Crippen LogP contribution in [0.2, 0.25) is 0 Å². The molecule has 2 bridgehead atoms. The van der Waals surface area contributed by atoms with Crippen LogP contribution in [0.5, 0.6) is 0 Å². The van der Waals surface area contributed by atoms with Crippen LogP contribution in [0.1, 0.15) is 12.5 Å². The Bertz CT molecular complexity index is 1300. The van der Waals surface area contributed by atoms with Crippen molar-refractivity contribution in [2.75, 3.05) is 13.2 Å². The van der Waals surface area contributed by atoms with Gasteiger partial charge in [0.15, 0.2) is 18.4 Å².